The third-order valence-corrected chi connectivity index (χ3v) is 12.1. The minimum Gasteiger partial charge on any atom is -0.455 e. The molecule has 0 radical (unpaired) electrons. The Morgan fingerprint density at radius 3 is 1.23 bits per heavy atom. The molecule has 1 aromatic heterocycles. The summed E-state index contributed by atoms with van der Waals surface area (Å²) in [5.41, 5.74) is 11.4. The summed E-state index contributed by atoms with van der Waals surface area (Å²) in [6.45, 7) is 0. The van der Waals surface area contributed by atoms with Crippen molar-refractivity contribution in [3.8, 4) is 44.5 Å². The Morgan fingerprint density at radius 2 is 0.649 bits per heavy atom. The van der Waals surface area contributed by atoms with Crippen LogP contribution < -0.4 is 0 Å². The second-order valence-corrected chi connectivity index (χ2v) is 15.1. The Labute approximate surface area is 329 Å². The first kappa shape index (κ1) is 31.8. The van der Waals surface area contributed by atoms with E-state index in [1.807, 2.05) is 0 Å². The van der Waals surface area contributed by atoms with E-state index in [2.05, 4.69) is 206 Å². The standard InChI is InChI=1S/C56H34O/c1-4-19-40-35(13-1)16-9-23-43(40)38-30-32-48-51(33-38)54(46-25-11-18-37-15-3-6-21-42(37)46)47-31-29-39(44-24-10-17-36-14-2-5-20-41(36)44)34-52(47)55(48)50-27-12-26-49-45-22-7-8-28-53(45)57-56(49)50/h1-34H. The first-order chi connectivity index (χ1) is 28.3. The summed E-state index contributed by atoms with van der Waals surface area (Å²) in [6.07, 6.45) is 0. The molecule has 11 aromatic carbocycles. The van der Waals surface area contributed by atoms with E-state index < -0.39 is 0 Å². The van der Waals surface area contributed by atoms with Gasteiger partial charge >= 0.3 is 0 Å². The van der Waals surface area contributed by atoms with Crippen LogP contribution in [-0.2, 0) is 0 Å². The molecule has 0 saturated heterocycles. The number of hydrogen-bond donors (Lipinski definition) is 0. The Hall–Kier alpha value is -7.48. The Bertz CT molecular complexity index is 3570. The van der Waals surface area contributed by atoms with Crippen molar-refractivity contribution in [3.05, 3.63) is 206 Å². The fourth-order valence-corrected chi connectivity index (χ4v) is 9.49. The predicted octanol–water partition coefficient (Wildman–Crippen LogP) is 16.0. The van der Waals surface area contributed by atoms with Crippen LogP contribution in [0.5, 0.6) is 0 Å². The van der Waals surface area contributed by atoms with E-state index in [0.29, 0.717) is 0 Å². The summed E-state index contributed by atoms with van der Waals surface area (Å²) in [4.78, 5) is 0. The van der Waals surface area contributed by atoms with Gasteiger partial charge in [0.2, 0.25) is 0 Å². The van der Waals surface area contributed by atoms with E-state index in [1.165, 1.54) is 92.8 Å². The van der Waals surface area contributed by atoms with Crippen LogP contribution in [0.1, 0.15) is 0 Å². The molecule has 0 aliphatic carbocycles. The van der Waals surface area contributed by atoms with Crippen molar-refractivity contribution < 1.29 is 4.42 Å². The number of rotatable bonds is 4. The van der Waals surface area contributed by atoms with Gasteiger partial charge in [0.15, 0.2) is 0 Å². The van der Waals surface area contributed by atoms with Crippen LogP contribution in [0.2, 0.25) is 0 Å². The maximum atomic E-state index is 6.82. The number of fused-ring (bicyclic) bond motifs is 8. The van der Waals surface area contributed by atoms with Crippen LogP contribution in [0.4, 0.5) is 0 Å². The molecule has 0 atom stereocenters. The van der Waals surface area contributed by atoms with Crippen molar-refractivity contribution >= 4 is 75.8 Å². The molecule has 0 saturated carbocycles. The van der Waals surface area contributed by atoms with Gasteiger partial charge in [-0.15, -0.1) is 0 Å². The normalized spacial score (nSPS) is 11.9. The highest BCUT2D eigenvalue weighted by molar-refractivity contribution is 6.27. The van der Waals surface area contributed by atoms with Gasteiger partial charge in [-0.2, -0.15) is 0 Å². The van der Waals surface area contributed by atoms with Crippen molar-refractivity contribution in [2.24, 2.45) is 0 Å². The van der Waals surface area contributed by atoms with Crippen molar-refractivity contribution in [1.29, 1.82) is 0 Å². The van der Waals surface area contributed by atoms with Gasteiger partial charge in [0.25, 0.3) is 0 Å². The first-order valence-electron chi connectivity index (χ1n) is 19.7. The van der Waals surface area contributed by atoms with E-state index in [9.17, 15) is 0 Å². The van der Waals surface area contributed by atoms with Gasteiger partial charge in [0, 0.05) is 21.9 Å². The second kappa shape index (κ2) is 12.5. The van der Waals surface area contributed by atoms with E-state index in [0.717, 1.165) is 27.5 Å². The maximum absolute atomic E-state index is 6.82. The molecule has 0 aliphatic rings. The zero-order chi connectivity index (χ0) is 37.5. The van der Waals surface area contributed by atoms with Crippen LogP contribution in [0.25, 0.3) is 120 Å². The monoisotopic (exact) mass is 722 g/mol. The van der Waals surface area contributed by atoms with Gasteiger partial charge in [-0.3, -0.25) is 0 Å². The van der Waals surface area contributed by atoms with E-state index in [-0.39, 0.29) is 0 Å². The quantitative estimate of drug-likeness (QED) is 0.165. The molecular formula is C56H34O. The third-order valence-electron chi connectivity index (χ3n) is 12.1. The number of benzene rings is 11. The molecule has 1 heteroatoms. The van der Waals surface area contributed by atoms with Gasteiger partial charge in [-0.05, 0) is 105 Å². The Balaban J connectivity index is 1.27. The third kappa shape index (κ3) is 4.89. The first-order valence-corrected chi connectivity index (χ1v) is 19.7. The lowest BCUT2D eigenvalue weighted by atomic mass is 9.82. The molecule has 57 heavy (non-hydrogen) atoms. The highest BCUT2D eigenvalue weighted by Gasteiger charge is 2.23. The molecule has 0 spiro atoms. The van der Waals surface area contributed by atoms with Crippen molar-refractivity contribution in [3.63, 3.8) is 0 Å². The van der Waals surface area contributed by atoms with E-state index in [4.69, 9.17) is 4.42 Å². The topological polar surface area (TPSA) is 13.1 Å². The molecule has 12 aromatic rings. The molecule has 264 valence electrons. The Morgan fingerprint density at radius 1 is 0.246 bits per heavy atom. The molecule has 12 rings (SSSR count). The average Bonchev–Trinajstić information content (AvgIpc) is 3.67. The van der Waals surface area contributed by atoms with E-state index >= 15 is 0 Å². The van der Waals surface area contributed by atoms with Gasteiger partial charge in [-0.25, -0.2) is 0 Å². The van der Waals surface area contributed by atoms with Gasteiger partial charge in [-0.1, -0.05) is 188 Å². The minimum absolute atomic E-state index is 0.899. The molecule has 0 fully saturated rings. The largest absolute Gasteiger partial charge is 0.455 e. The molecule has 0 amide bonds. The molecular weight excluding hydrogens is 689 g/mol. The lowest BCUT2D eigenvalue weighted by Crippen LogP contribution is -1.94. The summed E-state index contributed by atoms with van der Waals surface area (Å²) >= 11 is 0. The smallest absolute Gasteiger partial charge is 0.143 e. The Kier molecular flexibility index (Phi) is 7.00. The van der Waals surface area contributed by atoms with Gasteiger partial charge < -0.3 is 4.42 Å². The fraction of sp³-hybridized carbons (Fsp3) is 0. The van der Waals surface area contributed by atoms with Crippen LogP contribution in [0.3, 0.4) is 0 Å². The molecule has 1 heterocycles. The van der Waals surface area contributed by atoms with Crippen molar-refractivity contribution in [1.82, 2.24) is 0 Å². The number of furan rings is 1. The fourth-order valence-electron chi connectivity index (χ4n) is 9.49. The van der Waals surface area contributed by atoms with Gasteiger partial charge in [0.05, 0.1) is 0 Å². The lowest BCUT2D eigenvalue weighted by Gasteiger charge is -2.21. The van der Waals surface area contributed by atoms with Crippen LogP contribution in [0, 0.1) is 0 Å². The van der Waals surface area contributed by atoms with Crippen molar-refractivity contribution in [2.75, 3.05) is 0 Å². The summed E-state index contributed by atoms with van der Waals surface area (Å²) in [7, 11) is 0. The number of para-hydroxylation sites is 2. The second-order valence-electron chi connectivity index (χ2n) is 15.1. The van der Waals surface area contributed by atoms with Crippen LogP contribution >= 0.6 is 0 Å². The zero-order valence-electron chi connectivity index (χ0n) is 31.0. The molecule has 1 nitrogen and oxygen atoms in total. The molecule has 0 bridgehead atoms. The molecule has 0 aliphatic heterocycles. The van der Waals surface area contributed by atoms with Crippen LogP contribution in [0.15, 0.2) is 211 Å². The van der Waals surface area contributed by atoms with E-state index in [1.54, 1.807) is 0 Å². The zero-order valence-corrected chi connectivity index (χ0v) is 31.0. The summed E-state index contributed by atoms with van der Waals surface area (Å²) < 4.78 is 6.82. The minimum atomic E-state index is 0.899. The predicted molar refractivity (Wildman–Crippen MR) is 243 cm³/mol. The summed E-state index contributed by atoms with van der Waals surface area (Å²) in [5.74, 6) is 0. The summed E-state index contributed by atoms with van der Waals surface area (Å²) in [6, 6.07) is 75.5. The summed E-state index contributed by atoms with van der Waals surface area (Å²) in [5, 5.41) is 14.5. The molecule has 0 unspecified atom stereocenters. The van der Waals surface area contributed by atoms with Crippen LogP contribution in [-0.4, -0.2) is 0 Å². The lowest BCUT2D eigenvalue weighted by molar-refractivity contribution is 0.670. The average molecular weight is 723 g/mol. The number of hydrogen-bond acceptors (Lipinski definition) is 1. The highest BCUT2D eigenvalue weighted by atomic mass is 16.3. The molecule has 0 N–H and O–H groups in total. The maximum Gasteiger partial charge on any atom is 0.143 e. The van der Waals surface area contributed by atoms with Crippen molar-refractivity contribution in [2.45, 2.75) is 0 Å². The SMILES string of the molecule is c1ccc2c(-c3ccc4c(-c5cccc6c5oc5ccccc56)c5cc(-c6cccc7ccccc67)ccc5c(-c5cccc6ccccc56)c4c3)cccc2c1. The highest BCUT2D eigenvalue weighted by Crippen LogP contribution is 2.49. The van der Waals surface area contributed by atoms with Gasteiger partial charge in [0.1, 0.15) is 11.2 Å².